The zero-order chi connectivity index (χ0) is 14.6. The van der Waals surface area contributed by atoms with Crippen molar-refractivity contribution in [3.05, 3.63) is 28.5 Å². The Kier molecular flexibility index (Phi) is 5.91. The maximum absolute atomic E-state index is 13.6. The van der Waals surface area contributed by atoms with E-state index in [1.54, 1.807) is 0 Å². The maximum atomic E-state index is 13.6. The lowest BCUT2D eigenvalue weighted by atomic mass is 10.1. The van der Waals surface area contributed by atoms with Crippen LogP contribution in [0.5, 0.6) is 0 Å². The summed E-state index contributed by atoms with van der Waals surface area (Å²) in [5.74, 6) is -0.414. The van der Waals surface area contributed by atoms with Gasteiger partial charge in [0, 0.05) is 17.1 Å². The number of halogens is 2. The average Bonchev–Trinajstić information content (AvgIpc) is 2.25. The lowest BCUT2D eigenvalue weighted by Gasteiger charge is -2.15. The predicted molar refractivity (Wildman–Crippen MR) is 76.7 cm³/mol. The van der Waals surface area contributed by atoms with E-state index in [2.05, 4.69) is 20.7 Å². The molecular formula is C12H18BrFN2O2S. The van der Waals surface area contributed by atoms with Crippen LogP contribution in [0.4, 0.5) is 4.39 Å². The first kappa shape index (κ1) is 16.6. The fraction of sp³-hybridized carbons (Fsp3) is 0.500. The minimum atomic E-state index is -3.86. The van der Waals surface area contributed by atoms with Crippen LogP contribution in [0, 0.1) is 11.7 Å². The molecule has 0 bridgehead atoms. The first-order valence-electron chi connectivity index (χ1n) is 5.92. The lowest BCUT2D eigenvalue weighted by molar-refractivity contribution is 0.484. The SMILES string of the molecule is CC(C)CC(N)CNS(=O)(=O)c1ccc(Br)cc1F. The van der Waals surface area contributed by atoms with Gasteiger partial charge in [-0.15, -0.1) is 0 Å². The van der Waals surface area contributed by atoms with Crippen molar-refractivity contribution in [1.82, 2.24) is 4.72 Å². The van der Waals surface area contributed by atoms with Gasteiger partial charge in [-0.3, -0.25) is 0 Å². The van der Waals surface area contributed by atoms with Gasteiger partial charge in [-0.25, -0.2) is 17.5 Å². The van der Waals surface area contributed by atoms with E-state index in [0.29, 0.717) is 16.8 Å². The molecule has 0 saturated carbocycles. The summed E-state index contributed by atoms with van der Waals surface area (Å²) in [7, 11) is -3.86. The van der Waals surface area contributed by atoms with Crippen molar-refractivity contribution >= 4 is 26.0 Å². The van der Waals surface area contributed by atoms with E-state index in [1.165, 1.54) is 12.1 Å². The molecule has 4 nitrogen and oxygen atoms in total. The standard InChI is InChI=1S/C12H18BrFN2O2S/c1-8(2)5-10(15)7-16-19(17,18)12-4-3-9(13)6-11(12)14/h3-4,6,8,10,16H,5,7,15H2,1-2H3. The van der Waals surface area contributed by atoms with E-state index in [0.717, 1.165) is 6.07 Å². The zero-order valence-electron chi connectivity index (χ0n) is 10.9. The van der Waals surface area contributed by atoms with Crippen LogP contribution in [0.2, 0.25) is 0 Å². The summed E-state index contributed by atoms with van der Waals surface area (Å²) in [5, 5.41) is 0. The number of hydrogen-bond donors (Lipinski definition) is 2. The van der Waals surface area contributed by atoms with E-state index in [9.17, 15) is 12.8 Å². The number of hydrogen-bond acceptors (Lipinski definition) is 3. The second kappa shape index (κ2) is 6.78. The number of sulfonamides is 1. The Labute approximate surface area is 121 Å². The van der Waals surface area contributed by atoms with Gasteiger partial charge in [-0.05, 0) is 30.5 Å². The lowest BCUT2D eigenvalue weighted by Crippen LogP contribution is -2.38. The minimum Gasteiger partial charge on any atom is -0.327 e. The van der Waals surface area contributed by atoms with Gasteiger partial charge in [0.05, 0.1) is 0 Å². The van der Waals surface area contributed by atoms with Crippen molar-refractivity contribution in [2.24, 2.45) is 11.7 Å². The molecule has 19 heavy (non-hydrogen) atoms. The third-order valence-corrected chi connectivity index (χ3v) is 4.44. The quantitative estimate of drug-likeness (QED) is 0.824. The first-order valence-corrected chi connectivity index (χ1v) is 8.20. The van der Waals surface area contributed by atoms with Crippen molar-refractivity contribution < 1.29 is 12.8 Å². The van der Waals surface area contributed by atoms with E-state index < -0.39 is 15.8 Å². The number of nitrogens with one attached hydrogen (secondary N) is 1. The minimum absolute atomic E-state index is 0.0933. The van der Waals surface area contributed by atoms with Crippen LogP contribution < -0.4 is 10.5 Å². The van der Waals surface area contributed by atoms with Gasteiger partial charge in [0.1, 0.15) is 10.7 Å². The Hall–Kier alpha value is -0.500. The number of rotatable bonds is 6. The van der Waals surface area contributed by atoms with Gasteiger partial charge in [0.15, 0.2) is 0 Å². The molecule has 0 saturated heterocycles. The Balaban J connectivity index is 2.76. The molecule has 0 aliphatic rings. The van der Waals surface area contributed by atoms with Gasteiger partial charge >= 0.3 is 0 Å². The molecule has 1 aromatic rings. The molecule has 0 aliphatic carbocycles. The molecule has 0 aliphatic heterocycles. The average molecular weight is 353 g/mol. The summed E-state index contributed by atoms with van der Waals surface area (Å²) in [4.78, 5) is -0.368. The first-order chi connectivity index (χ1) is 8.72. The molecule has 0 heterocycles. The topological polar surface area (TPSA) is 72.2 Å². The van der Waals surface area contributed by atoms with Gasteiger partial charge in [0.2, 0.25) is 10.0 Å². The van der Waals surface area contributed by atoms with Crippen LogP contribution in [-0.4, -0.2) is 21.0 Å². The molecule has 1 atom stereocenters. The van der Waals surface area contributed by atoms with Crippen molar-refractivity contribution in [2.45, 2.75) is 31.2 Å². The Bertz CT molecular complexity index is 535. The Morgan fingerprint density at radius 3 is 2.58 bits per heavy atom. The van der Waals surface area contributed by atoms with Crippen LogP contribution in [0.3, 0.4) is 0 Å². The smallest absolute Gasteiger partial charge is 0.243 e. The molecule has 7 heteroatoms. The summed E-state index contributed by atoms with van der Waals surface area (Å²) >= 11 is 3.08. The Morgan fingerprint density at radius 2 is 2.05 bits per heavy atom. The molecule has 0 spiro atoms. The zero-order valence-corrected chi connectivity index (χ0v) is 13.3. The molecule has 1 unspecified atom stereocenters. The highest BCUT2D eigenvalue weighted by Gasteiger charge is 2.20. The molecule has 0 amide bonds. The molecule has 1 rings (SSSR count). The fourth-order valence-electron chi connectivity index (χ4n) is 1.68. The summed E-state index contributed by atoms with van der Waals surface area (Å²) < 4.78 is 40.3. The van der Waals surface area contributed by atoms with Gasteiger partial charge < -0.3 is 5.73 Å². The van der Waals surface area contributed by atoms with Crippen molar-refractivity contribution in [1.29, 1.82) is 0 Å². The molecule has 108 valence electrons. The molecular weight excluding hydrogens is 335 g/mol. The van der Waals surface area contributed by atoms with Gasteiger partial charge in [0.25, 0.3) is 0 Å². The fourth-order valence-corrected chi connectivity index (χ4v) is 3.16. The summed E-state index contributed by atoms with van der Waals surface area (Å²) in [5.41, 5.74) is 5.79. The van der Waals surface area contributed by atoms with E-state index in [-0.39, 0.29) is 17.5 Å². The van der Waals surface area contributed by atoms with Crippen molar-refractivity contribution in [3.63, 3.8) is 0 Å². The highest BCUT2D eigenvalue weighted by molar-refractivity contribution is 9.10. The van der Waals surface area contributed by atoms with Crippen LogP contribution >= 0.6 is 15.9 Å². The van der Waals surface area contributed by atoms with E-state index >= 15 is 0 Å². The second-order valence-corrected chi connectivity index (χ2v) is 7.47. The van der Waals surface area contributed by atoms with Crippen LogP contribution in [0.25, 0.3) is 0 Å². The van der Waals surface area contributed by atoms with Crippen LogP contribution in [0.1, 0.15) is 20.3 Å². The Morgan fingerprint density at radius 1 is 1.42 bits per heavy atom. The highest BCUT2D eigenvalue weighted by Crippen LogP contribution is 2.19. The van der Waals surface area contributed by atoms with E-state index in [1.807, 2.05) is 13.8 Å². The number of nitrogens with two attached hydrogens (primary N) is 1. The van der Waals surface area contributed by atoms with Crippen LogP contribution in [0.15, 0.2) is 27.6 Å². The summed E-state index contributed by atoms with van der Waals surface area (Å²) in [6.45, 7) is 4.10. The number of benzene rings is 1. The van der Waals surface area contributed by atoms with Gasteiger partial charge in [-0.1, -0.05) is 29.8 Å². The molecule has 1 aromatic carbocycles. The maximum Gasteiger partial charge on any atom is 0.243 e. The summed E-state index contributed by atoms with van der Waals surface area (Å²) in [6.07, 6.45) is 0.700. The second-order valence-electron chi connectivity index (χ2n) is 4.82. The highest BCUT2D eigenvalue weighted by atomic mass is 79.9. The third kappa shape index (κ3) is 5.18. The normalized spacial score (nSPS) is 13.8. The summed E-state index contributed by atoms with van der Waals surface area (Å²) in [6, 6.07) is 3.53. The molecule has 0 aromatic heterocycles. The third-order valence-electron chi connectivity index (χ3n) is 2.49. The van der Waals surface area contributed by atoms with E-state index in [4.69, 9.17) is 5.73 Å². The monoisotopic (exact) mass is 352 g/mol. The van der Waals surface area contributed by atoms with Crippen molar-refractivity contribution in [2.75, 3.05) is 6.54 Å². The predicted octanol–water partition coefficient (Wildman–Crippen LogP) is 2.24. The van der Waals surface area contributed by atoms with Crippen LogP contribution in [-0.2, 0) is 10.0 Å². The van der Waals surface area contributed by atoms with Gasteiger partial charge in [-0.2, -0.15) is 0 Å². The molecule has 0 radical (unpaired) electrons. The molecule has 3 N–H and O–H groups in total. The van der Waals surface area contributed by atoms with Crippen molar-refractivity contribution in [3.8, 4) is 0 Å². The molecule has 0 fully saturated rings. The largest absolute Gasteiger partial charge is 0.327 e.